The molecule has 2 fully saturated rings. The SMILES string of the molecule is COCCCN1CCOc2ccc(CO[C@H]3CN(S(=O)(=O)c4ccc(C)cc4)[C@@H](C[C@@H](C)N4CCCC4=O)C[C@@H]3c3ccc(OC)cc3)cc21. The third-order valence-corrected chi connectivity index (χ3v) is 12.3. The number of sulfonamides is 1. The van der Waals surface area contributed by atoms with Gasteiger partial charge >= 0.3 is 0 Å². The highest BCUT2D eigenvalue weighted by Crippen LogP contribution is 2.40. The molecular weight excluding hydrogens is 655 g/mol. The van der Waals surface area contributed by atoms with Crippen LogP contribution < -0.4 is 14.4 Å². The van der Waals surface area contributed by atoms with E-state index in [4.69, 9.17) is 18.9 Å². The van der Waals surface area contributed by atoms with Crippen LogP contribution in [0.4, 0.5) is 5.69 Å². The summed E-state index contributed by atoms with van der Waals surface area (Å²) in [5.41, 5.74) is 4.10. The fourth-order valence-electron chi connectivity index (χ4n) is 7.64. The number of rotatable bonds is 14. The monoisotopic (exact) mass is 705 g/mol. The zero-order chi connectivity index (χ0) is 35.3. The molecule has 2 saturated heterocycles. The molecule has 0 aliphatic carbocycles. The Morgan fingerprint density at radius 3 is 2.48 bits per heavy atom. The van der Waals surface area contributed by atoms with Crippen LogP contribution in [0.25, 0.3) is 0 Å². The topological polar surface area (TPSA) is 97.9 Å². The molecule has 0 radical (unpaired) electrons. The third kappa shape index (κ3) is 8.12. The Morgan fingerprint density at radius 2 is 1.78 bits per heavy atom. The highest BCUT2D eigenvalue weighted by molar-refractivity contribution is 7.89. The van der Waals surface area contributed by atoms with Crippen molar-refractivity contribution in [3.63, 3.8) is 0 Å². The number of aryl methyl sites for hydroxylation is 1. The summed E-state index contributed by atoms with van der Waals surface area (Å²) >= 11 is 0. The molecule has 50 heavy (non-hydrogen) atoms. The molecule has 11 heteroatoms. The van der Waals surface area contributed by atoms with Crippen LogP contribution >= 0.6 is 0 Å². The van der Waals surface area contributed by atoms with Gasteiger partial charge in [0.2, 0.25) is 15.9 Å². The number of benzene rings is 3. The first-order valence-corrected chi connectivity index (χ1v) is 19.2. The molecule has 0 saturated carbocycles. The molecule has 0 N–H and O–H groups in total. The summed E-state index contributed by atoms with van der Waals surface area (Å²) in [5.74, 6) is 1.68. The van der Waals surface area contributed by atoms with Crippen molar-refractivity contribution in [3.05, 3.63) is 83.4 Å². The summed E-state index contributed by atoms with van der Waals surface area (Å²) in [7, 11) is -0.509. The van der Waals surface area contributed by atoms with Crippen molar-refractivity contribution in [2.45, 2.75) is 81.6 Å². The largest absolute Gasteiger partial charge is 0.497 e. The lowest BCUT2D eigenvalue weighted by molar-refractivity contribution is -0.129. The minimum absolute atomic E-state index is 0.0802. The number of anilines is 1. The molecule has 0 spiro atoms. The van der Waals surface area contributed by atoms with Crippen molar-refractivity contribution in [2.24, 2.45) is 0 Å². The van der Waals surface area contributed by atoms with E-state index in [1.165, 1.54) is 0 Å². The molecule has 0 bridgehead atoms. The summed E-state index contributed by atoms with van der Waals surface area (Å²) in [6, 6.07) is 20.8. The molecule has 10 nitrogen and oxygen atoms in total. The van der Waals surface area contributed by atoms with Crippen molar-refractivity contribution in [2.75, 3.05) is 58.5 Å². The van der Waals surface area contributed by atoms with Crippen molar-refractivity contribution < 1.29 is 32.2 Å². The lowest BCUT2D eigenvalue weighted by Crippen LogP contribution is -2.54. The fourth-order valence-corrected chi connectivity index (χ4v) is 9.30. The maximum atomic E-state index is 14.5. The van der Waals surface area contributed by atoms with E-state index in [1.807, 2.05) is 55.1 Å². The highest BCUT2D eigenvalue weighted by Gasteiger charge is 2.44. The van der Waals surface area contributed by atoms with Gasteiger partial charge in [-0.05, 0) is 87.1 Å². The first-order chi connectivity index (χ1) is 24.2. The number of ether oxygens (including phenoxy) is 4. The van der Waals surface area contributed by atoms with Gasteiger partial charge in [0, 0.05) is 57.8 Å². The van der Waals surface area contributed by atoms with Crippen molar-refractivity contribution in [3.8, 4) is 11.5 Å². The van der Waals surface area contributed by atoms with Gasteiger partial charge < -0.3 is 28.7 Å². The molecule has 270 valence electrons. The first-order valence-electron chi connectivity index (χ1n) is 17.8. The fraction of sp³-hybridized carbons (Fsp3) is 0.513. The van der Waals surface area contributed by atoms with Gasteiger partial charge in [-0.15, -0.1) is 0 Å². The van der Waals surface area contributed by atoms with Crippen molar-refractivity contribution >= 4 is 21.6 Å². The Bertz CT molecular complexity index is 1700. The molecule has 3 aromatic rings. The van der Waals surface area contributed by atoms with Crippen LogP contribution in [0.15, 0.2) is 71.6 Å². The molecule has 3 aliphatic heterocycles. The van der Waals surface area contributed by atoms with Gasteiger partial charge in [0.15, 0.2) is 0 Å². The van der Waals surface area contributed by atoms with Gasteiger partial charge in [-0.3, -0.25) is 4.79 Å². The van der Waals surface area contributed by atoms with Crippen molar-refractivity contribution in [1.29, 1.82) is 0 Å². The van der Waals surface area contributed by atoms with Gasteiger partial charge in [-0.2, -0.15) is 4.31 Å². The molecule has 3 aromatic carbocycles. The van der Waals surface area contributed by atoms with Crippen molar-refractivity contribution in [1.82, 2.24) is 9.21 Å². The number of carbonyl (C=O) groups excluding carboxylic acids is 1. The summed E-state index contributed by atoms with van der Waals surface area (Å²) in [4.78, 5) is 17.2. The smallest absolute Gasteiger partial charge is 0.243 e. The van der Waals surface area contributed by atoms with Gasteiger partial charge in [0.25, 0.3) is 0 Å². The molecule has 3 aliphatic rings. The first kappa shape index (κ1) is 36.2. The Labute approximate surface area is 297 Å². The van der Waals surface area contributed by atoms with E-state index in [2.05, 4.69) is 23.1 Å². The van der Waals surface area contributed by atoms with Crippen LogP contribution in [0.3, 0.4) is 0 Å². The minimum Gasteiger partial charge on any atom is -0.497 e. The van der Waals surface area contributed by atoms with Gasteiger partial charge in [0.05, 0.1) is 36.9 Å². The lowest BCUT2D eigenvalue weighted by Gasteiger charge is -2.44. The molecule has 3 heterocycles. The number of methoxy groups -OCH3 is 2. The molecule has 4 atom stereocenters. The number of hydrogen-bond donors (Lipinski definition) is 0. The van der Waals surface area contributed by atoms with Crippen LogP contribution in [0.2, 0.25) is 0 Å². The van der Waals surface area contributed by atoms with E-state index in [9.17, 15) is 13.2 Å². The standard InChI is InChI=1S/C39H51N3O7S/c1-28-8-15-34(16-9-28)50(44,45)42-26-38(49-27-30-10-17-37-36(24-30)40(20-22-48-37)18-6-21-46-3)35(31-11-13-33(47-4)14-12-31)25-32(42)23-29(2)41-19-5-7-39(41)43/h8-17,24,29,32,35,38H,5-7,18-23,25-27H2,1-4H3/t29-,32+,35-,38+/m1/s1. The Balaban J connectivity index is 1.31. The second-order valence-electron chi connectivity index (χ2n) is 13.8. The van der Waals surface area contributed by atoms with Crippen LogP contribution in [0.5, 0.6) is 11.5 Å². The molecule has 0 unspecified atom stereocenters. The Kier molecular flexibility index (Phi) is 11.7. The summed E-state index contributed by atoms with van der Waals surface area (Å²) < 4.78 is 54.1. The summed E-state index contributed by atoms with van der Waals surface area (Å²) in [5, 5.41) is 0. The number of piperidine rings is 1. The van der Waals surface area contributed by atoms with Gasteiger partial charge in [-0.1, -0.05) is 35.9 Å². The Hall–Kier alpha value is -3.64. The molecular formula is C39H51N3O7S. The quantitative estimate of drug-likeness (QED) is 0.195. The third-order valence-electron chi connectivity index (χ3n) is 10.4. The van der Waals surface area contributed by atoms with Gasteiger partial charge in [-0.25, -0.2) is 8.42 Å². The number of nitrogens with zero attached hydrogens (tertiary/aromatic N) is 3. The van der Waals surface area contributed by atoms with E-state index in [1.54, 1.807) is 30.7 Å². The lowest BCUT2D eigenvalue weighted by atomic mass is 9.82. The number of likely N-dealkylation sites (tertiary alicyclic amines) is 1. The number of carbonyl (C=O) groups is 1. The maximum Gasteiger partial charge on any atom is 0.243 e. The van der Waals surface area contributed by atoms with Gasteiger partial charge in [0.1, 0.15) is 18.1 Å². The van der Waals surface area contributed by atoms with Crippen LogP contribution in [-0.4, -0.2) is 95.3 Å². The second-order valence-corrected chi connectivity index (χ2v) is 15.7. The minimum atomic E-state index is -3.88. The zero-order valence-electron chi connectivity index (χ0n) is 29.8. The second kappa shape index (κ2) is 16.1. The molecule has 0 aromatic heterocycles. The summed E-state index contributed by atoms with van der Waals surface area (Å²) in [6.45, 7) is 8.21. The van der Waals surface area contributed by atoms with E-state index >= 15 is 0 Å². The summed E-state index contributed by atoms with van der Waals surface area (Å²) in [6.07, 6.45) is 2.97. The van der Waals surface area contributed by atoms with Crippen LogP contribution in [-0.2, 0) is 30.9 Å². The normalized spacial score (nSPS) is 21.9. The predicted octanol–water partition coefficient (Wildman–Crippen LogP) is 5.77. The number of fused-ring (bicyclic) bond motifs is 1. The zero-order valence-corrected chi connectivity index (χ0v) is 30.6. The number of amides is 1. The Morgan fingerprint density at radius 1 is 1.00 bits per heavy atom. The van der Waals surface area contributed by atoms with E-state index in [0.717, 1.165) is 59.8 Å². The average Bonchev–Trinajstić information content (AvgIpc) is 3.57. The van der Waals surface area contributed by atoms with E-state index < -0.39 is 16.1 Å². The average molecular weight is 706 g/mol. The van der Waals surface area contributed by atoms with E-state index in [-0.39, 0.29) is 35.3 Å². The predicted molar refractivity (Wildman–Crippen MR) is 193 cm³/mol. The molecule has 1 amide bonds. The maximum absolute atomic E-state index is 14.5. The van der Waals surface area contributed by atoms with E-state index in [0.29, 0.717) is 45.6 Å². The van der Waals surface area contributed by atoms with Crippen LogP contribution in [0.1, 0.15) is 61.6 Å². The highest BCUT2D eigenvalue weighted by atomic mass is 32.2. The number of hydrogen-bond acceptors (Lipinski definition) is 8. The molecule has 6 rings (SSSR count). The van der Waals surface area contributed by atoms with Crippen LogP contribution in [0, 0.1) is 6.92 Å².